The molecule has 0 bridgehead atoms. The molecule has 4 rings (SSSR count). The number of para-hydroxylation sites is 1. The third-order valence-electron chi connectivity index (χ3n) is 4.94. The van der Waals surface area contributed by atoms with Gasteiger partial charge in [-0.2, -0.15) is 5.10 Å². The van der Waals surface area contributed by atoms with Crippen LogP contribution in [0.3, 0.4) is 0 Å². The van der Waals surface area contributed by atoms with Crippen molar-refractivity contribution in [1.29, 1.82) is 0 Å². The standard InChI is InChI=1S/C24H18ClN5O4/c25-19-10-6-17(7-11-19)24(32)27-26-22(31)14-18-15-29(20-4-2-1-3-5-20)28-23(18)16-8-12-21(13-9-16)30(33)34/h1-13,15H,14H2,(H,26,31)(H,27,32). The largest absolute Gasteiger partial charge is 0.273 e. The maximum Gasteiger partial charge on any atom is 0.269 e. The van der Waals surface area contributed by atoms with Gasteiger partial charge in [-0.05, 0) is 48.5 Å². The maximum absolute atomic E-state index is 12.6. The van der Waals surface area contributed by atoms with Crippen molar-refractivity contribution in [3.8, 4) is 16.9 Å². The number of aromatic nitrogens is 2. The van der Waals surface area contributed by atoms with Crippen LogP contribution < -0.4 is 10.9 Å². The highest BCUT2D eigenvalue weighted by Crippen LogP contribution is 2.26. The van der Waals surface area contributed by atoms with Crippen LogP contribution in [-0.2, 0) is 11.2 Å². The summed E-state index contributed by atoms with van der Waals surface area (Å²) in [6, 6.07) is 21.5. The van der Waals surface area contributed by atoms with E-state index in [-0.39, 0.29) is 12.1 Å². The van der Waals surface area contributed by atoms with Crippen molar-refractivity contribution in [3.63, 3.8) is 0 Å². The smallest absolute Gasteiger partial charge is 0.269 e. The summed E-state index contributed by atoms with van der Waals surface area (Å²) >= 11 is 5.83. The molecule has 10 heteroatoms. The number of carbonyl (C=O) groups excluding carboxylic acids is 2. The molecule has 3 aromatic carbocycles. The second kappa shape index (κ2) is 9.97. The molecule has 0 fully saturated rings. The fourth-order valence-corrected chi connectivity index (χ4v) is 3.38. The van der Waals surface area contributed by atoms with E-state index in [1.54, 1.807) is 47.3 Å². The highest BCUT2D eigenvalue weighted by Gasteiger charge is 2.17. The van der Waals surface area contributed by atoms with E-state index in [0.717, 1.165) is 5.69 Å². The van der Waals surface area contributed by atoms with Crippen molar-refractivity contribution in [2.45, 2.75) is 6.42 Å². The van der Waals surface area contributed by atoms with Crippen LogP contribution in [0.2, 0.25) is 5.02 Å². The van der Waals surface area contributed by atoms with Gasteiger partial charge in [0.15, 0.2) is 0 Å². The van der Waals surface area contributed by atoms with Crippen molar-refractivity contribution < 1.29 is 14.5 Å². The van der Waals surface area contributed by atoms with Crippen LogP contribution >= 0.6 is 11.6 Å². The Morgan fingerprint density at radius 3 is 2.26 bits per heavy atom. The van der Waals surface area contributed by atoms with Crippen LogP contribution in [0.25, 0.3) is 16.9 Å². The lowest BCUT2D eigenvalue weighted by Gasteiger charge is -2.08. The minimum absolute atomic E-state index is 0.0459. The van der Waals surface area contributed by atoms with Crippen LogP contribution in [0.1, 0.15) is 15.9 Å². The fraction of sp³-hybridized carbons (Fsp3) is 0.0417. The molecule has 9 nitrogen and oxygen atoms in total. The Morgan fingerprint density at radius 2 is 1.62 bits per heavy atom. The van der Waals surface area contributed by atoms with Gasteiger partial charge in [0.05, 0.1) is 22.7 Å². The molecule has 0 spiro atoms. The van der Waals surface area contributed by atoms with E-state index >= 15 is 0 Å². The quantitative estimate of drug-likeness (QED) is 0.321. The number of hydrazine groups is 1. The molecule has 0 unspecified atom stereocenters. The summed E-state index contributed by atoms with van der Waals surface area (Å²) in [7, 11) is 0. The summed E-state index contributed by atoms with van der Waals surface area (Å²) in [5.41, 5.74) is 7.55. The molecule has 0 saturated carbocycles. The Morgan fingerprint density at radius 1 is 0.941 bits per heavy atom. The van der Waals surface area contributed by atoms with Gasteiger partial charge in [0.2, 0.25) is 5.91 Å². The van der Waals surface area contributed by atoms with Crippen molar-refractivity contribution in [3.05, 3.63) is 111 Å². The summed E-state index contributed by atoms with van der Waals surface area (Å²) in [4.78, 5) is 35.3. The lowest BCUT2D eigenvalue weighted by Crippen LogP contribution is -2.42. The molecule has 1 heterocycles. The number of rotatable bonds is 6. The van der Waals surface area contributed by atoms with Crippen LogP contribution in [0.15, 0.2) is 85.1 Å². The van der Waals surface area contributed by atoms with E-state index in [1.165, 1.54) is 12.1 Å². The summed E-state index contributed by atoms with van der Waals surface area (Å²) in [6.07, 6.45) is 1.63. The van der Waals surface area contributed by atoms with Gasteiger partial charge in [-0.15, -0.1) is 0 Å². The normalized spacial score (nSPS) is 10.5. The Balaban J connectivity index is 1.55. The molecular formula is C24H18ClN5O4. The highest BCUT2D eigenvalue weighted by atomic mass is 35.5. The number of hydrogen-bond donors (Lipinski definition) is 2. The fourth-order valence-electron chi connectivity index (χ4n) is 3.25. The zero-order valence-corrected chi connectivity index (χ0v) is 18.4. The Hall–Kier alpha value is -4.50. The summed E-state index contributed by atoms with van der Waals surface area (Å²) in [6.45, 7) is 0. The Labute approximate surface area is 199 Å². The molecule has 2 N–H and O–H groups in total. The molecule has 34 heavy (non-hydrogen) atoms. The van der Waals surface area contributed by atoms with Gasteiger partial charge in [0.1, 0.15) is 0 Å². The summed E-state index contributed by atoms with van der Waals surface area (Å²) in [5.74, 6) is -0.946. The monoisotopic (exact) mass is 475 g/mol. The van der Waals surface area contributed by atoms with E-state index in [0.29, 0.717) is 27.4 Å². The lowest BCUT2D eigenvalue weighted by atomic mass is 10.1. The number of carbonyl (C=O) groups is 2. The van der Waals surface area contributed by atoms with Gasteiger partial charge in [-0.25, -0.2) is 4.68 Å². The summed E-state index contributed by atoms with van der Waals surface area (Å²) < 4.78 is 1.63. The number of benzene rings is 3. The van der Waals surface area contributed by atoms with Gasteiger partial charge in [0.25, 0.3) is 11.6 Å². The summed E-state index contributed by atoms with van der Waals surface area (Å²) in [5, 5.41) is 16.1. The second-order valence-electron chi connectivity index (χ2n) is 7.27. The first-order chi connectivity index (χ1) is 16.4. The minimum atomic E-state index is -0.486. The van der Waals surface area contributed by atoms with Gasteiger partial charge in [-0.3, -0.25) is 30.6 Å². The number of nitrogens with one attached hydrogen (secondary N) is 2. The zero-order chi connectivity index (χ0) is 24.1. The molecule has 0 saturated heterocycles. The van der Waals surface area contributed by atoms with Crippen LogP contribution in [0, 0.1) is 10.1 Å². The maximum atomic E-state index is 12.6. The SMILES string of the molecule is O=C(Cc1cn(-c2ccccc2)nc1-c1ccc([N+](=O)[O-])cc1)NNC(=O)c1ccc(Cl)cc1. The van der Waals surface area contributed by atoms with Crippen LogP contribution in [-0.4, -0.2) is 26.5 Å². The zero-order valence-electron chi connectivity index (χ0n) is 17.6. The van der Waals surface area contributed by atoms with E-state index in [2.05, 4.69) is 16.0 Å². The van der Waals surface area contributed by atoms with Crippen molar-refractivity contribution >= 4 is 29.1 Å². The third-order valence-corrected chi connectivity index (χ3v) is 5.19. The van der Waals surface area contributed by atoms with Crippen molar-refractivity contribution in [2.24, 2.45) is 0 Å². The number of nitro groups is 1. The predicted molar refractivity (Wildman–Crippen MR) is 126 cm³/mol. The van der Waals surface area contributed by atoms with E-state index < -0.39 is 16.7 Å². The number of amides is 2. The third kappa shape index (κ3) is 5.28. The van der Waals surface area contributed by atoms with Crippen molar-refractivity contribution in [1.82, 2.24) is 20.6 Å². The van der Waals surface area contributed by atoms with Gasteiger partial charge in [0, 0.05) is 40.0 Å². The number of nitro benzene ring substituents is 1. The minimum Gasteiger partial charge on any atom is -0.273 e. The van der Waals surface area contributed by atoms with Gasteiger partial charge < -0.3 is 0 Å². The first-order valence-corrected chi connectivity index (χ1v) is 10.5. The topological polar surface area (TPSA) is 119 Å². The number of non-ortho nitro benzene ring substituents is 1. The molecule has 0 aliphatic heterocycles. The predicted octanol–water partition coefficient (Wildman–Crippen LogP) is 4.10. The van der Waals surface area contributed by atoms with Gasteiger partial charge in [-0.1, -0.05) is 29.8 Å². The van der Waals surface area contributed by atoms with E-state index in [1.807, 2.05) is 30.3 Å². The first-order valence-electron chi connectivity index (χ1n) is 10.1. The van der Waals surface area contributed by atoms with Crippen LogP contribution in [0.4, 0.5) is 5.69 Å². The molecule has 0 radical (unpaired) electrons. The second-order valence-corrected chi connectivity index (χ2v) is 7.71. The van der Waals surface area contributed by atoms with E-state index in [9.17, 15) is 19.7 Å². The molecule has 0 atom stereocenters. The average molecular weight is 476 g/mol. The van der Waals surface area contributed by atoms with Crippen LogP contribution in [0.5, 0.6) is 0 Å². The van der Waals surface area contributed by atoms with E-state index in [4.69, 9.17) is 11.6 Å². The Bertz CT molecular complexity index is 1340. The first kappa shape index (κ1) is 22.7. The molecule has 0 aliphatic carbocycles. The molecule has 2 amide bonds. The number of nitrogens with zero attached hydrogens (tertiary/aromatic N) is 3. The number of halogens is 1. The van der Waals surface area contributed by atoms with Crippen molar-refractivity contribution in [2.75, 3.05) is 0 Å². The Kier molecular flexibility index (Phi) is 6.65. The molecule has 1 aromatic heterocycles. The molecule has 170 valence electrons. The lowest BCUT2D eigenvalue weighted by molar-refractivity contribution is -0.384. The number of hydrogen-bond acceptors (Lipinski definition) is 5. The molecule has 4 aromatic rings. The highest BCUT2D eigenvalue weighted by molar-refractivity contribution is 6.30. The van der Waals surface area contributed by atoms with Gasteiger partial charge >= 0.3 is 0 Å². The molecular weight excluding hydrogens is 458 g/mol. The molecule has 0 aliphatic rings. The average Bonchev–Trinajstić information content (AvgIpc) is 3.27.